The highest BCUT2D eigenvalue weighted by Gasteiger charge is 2.14. The van der Waals surface area contributed by atoms with Crippen LogP contribution in [0.25, 0.3) is 6.08 Å². The number of hydrogen-bond acceptors (Lipinski definition) is 2. The van der Waals surface area contributed by atoms with Crippen molar-refractivity contribution in [1.29, 1.82) is 0 Å². The number of ether oxygens (including phenoxy) is 1. The number of allylic oxidation sites excluding steroid dienone is 1. The fourth-order valence-corrected chi connectivity index (χ4v) is 2.31. The van der Waals surface area contributed by atoms with Gasteiger partial charge in [0.15, 0.2) is 0 Å². The molecule has 0 aromatic heterocycles. The van der Waals surface area contributed by atoms with Gasteiger partial charge < -0.3 is 9.53 Å². The maximum absolute atomic E-state index is 10.5. The maximum Gasteiger partial charge on any atom is 0.120 e. The summed E-state index contributed by atoms with van der Waals surface area (Å²) in [5.41, 5.74) is 1.37. The average Bonchev–Trinajstić information content (AvgIpc) is 2.46. The standard InChI is InChI=1S/C19H28O2/c1-16(12-15-20)6-5-13-19(2,3)14-11-17-7-9-18(21-4)10-8-17/h7-11,14-16H,5-6,12-13H2,1-4H3/b14-11+. The smallest absolute Gasteiger partial charge is 0.120 e. The van der Waals surface area contributed by atoms with Crippen molar-refractivity contribution in [2.24, 2.45) is 11.3 Å². The molecule has 1 atom stereocenters. The van der Waals surface area contributed by atoms with Crippen molar-refractivity contribution in [2.45, 2.75) is 46.5 Å². The average molecular weight is 288 g/mol. The third-order valence-electron chi connectivity index (χ3n) is 3.86. The Labute approximate surface area is 129 Å². The molecule has 0 saturated carbocycles. The zero-order valence-electron chi connectivity index (χ0n) is 13.8. The van der Waals surface area contributed by atoms with Crippen LogP contribution in [-0.4, -0.2) is 13.4 Å². The van der Waals surface area contributed by atoms with Crippen LogP contribution in [0.1, 0.15) is 52.0 Å². The van der Waals surface area contributed by atoms with Crippen LogP contribution in [0.5, 0.6) is 5.75 Å². The molecule has 0 saturated heterocycles. The molecule has 0 heterocycles. The minimum Gasteiger partial charge on any atom is -0.497 e. The summed E-state index contributed by atoms with van der Waals surface area (Å²) >= 11 is 0. The van der Waals surface area contributed by atoms with E-state index in [2.05, 4.69) is 45.1 Å². The van der Waals surface area contributed by atoms with Crippen LogP contribution in [0, 0.1) is 11.3 Å². The lowest BCUT2D eigenvalue weighted by Gasteiger charge is -2.21. The molecule has 21 heavy (non-hydrogen) atoms. The first-order chi connectivity index (χ1) is 9.96. The number of benzene rings is 1. The second-order valence-corrected chi connectivity index (χ2v) is 6.49. The molecule has 0 spiro atoms. The van der Waals surface area contributed by atoms with Gasteiger partial charge in [-0.05, 0) is 35.4 Å². The SMILES string of the molecule is COc1ccc(/C=C/C(C)(C)CCCC(C)CC=O)cc1. The highest BCUT2D eigenvalue weighted by atomic mass is 16.5. The fourth-order valence-electron chi connectivity index (χ4n) is 2.31. The molecule has 0 radical (unpaired) electrons. The number of rotatable bonds is 9. The molecule has 0 N–H and O–H groups in total. The second-order valence-electron chi connectivity index (χ2n) is 6.49. The monoisotopic (exact) mass is 288 g/mol. The second kappa shape index (κ2) is 8.66. The van der Waals surface area contributed by atoms with Crippen LogP contribution < -0.4 is 4.74 Å². The van der Waals surface area contributed by atoms with E-state index >= 15 is 0 Å². The van der Waals surface area contributed by atoms with Crippen LogP contribution in [0.15, 0.2) is 30.3 Å². The number of methoxy groups -OCH3 is 1. The van der Waals surface area contributed by atoms with E-state index in [-0.39, 0.29) is 5.41 Å². The number of hydrogen-bond donors (Lipinski definition) is 0. The summed E-state index contributed by atoms with van der Waals surface area (Å²) in [7, 11) is 1.68. The van der Waals surface area contributed by atoms with E-state index in [0.29, 0.717) is 12.3 Å². The van der Waals surface area contributed by atoms with Gasteiger partial charge in [-0.3, -0.25) is 0 Å². The van der Waals surface area contributed by atoms with E-state index < -0.39 is 0 Å². The van der Waals surface area contributed by atoms with E-state index in [0.717, 1.165) is 31.3 Å². The molecule has 116 valence electrons. The van der Waals surface area contributed by atoms with Crippen LogP contribution in [0.2, 0.25) is 0 Å². The van der Waals surface area contributed by atoms with Gasteiger partial charge in [-0.15, -0.1) is 0 Å². The van der Waals surface area contributed by atoms with Gasteiger partial charge in [-0.1, -0.05) is 57.9 Å². The molecular weight excluding hydrogens is 260 g/mol. The summed E-state index contributed by atoms with van der Waals surface area (Å²) < 4.78 is 5.16. The third-order valence-corrected chi connectivity index (χ3v) is 3.86. The predicted molar refractivity (Wildman–Crippen MR) is 89.5 cm³/mol. The summed E-state index contributed by atoms with van der Waals surface area (Å²) in [6.45, 7) is 6.67. The zero-order valence-corrected chi connectivity index (χ0v) is 13.8. The first-order valence-electron chi connectivity index (χ1n) is 7.74. The van der Waals surface area contributed by atoms with Crippen molar-refractivity contribution in [3.8, 4) is 5.75 Å². The molecule has 0 aliphatic heterocycles. The number of carbonyl (C=O) groups excluding carboxylic acids is 1. The van der Waals surface area contributed by atoms with E-state index in [1.807, 2.05) is 12.1 Å². The molecule has 0 aliphatic rings. The molecule has 2 nitrogen and oxygen atoms in total. The van der Waals surface area contributed by atoms with Gasteiger partial charge in [0.2, 0.25) is 0 Å². The Balaban J connectivity index is 2.46. The van der Waals surface area contributed by atoms with Crippen LogP contribution in [0.4, 0.5) is 0 Å². The Morgan fingerprint density at radius 1 is 1.24 bits per heavy atom. The molecule has 1 rings (SSSR count). The van der Waals surface area contributed by atoms with Gasteiger partial charge in [0.1, 0.15) is 12.0 Å². The summed E-state index contributed by atoms with van der Waals surface area (Å²) in [4.78, 5) is 10.5. The van der Waals surface area contributed by atoms with Crippen molar-refractivity contribution in [1.82, 2.24) is 0 Å². The third kappa shape index (κ3) is 7.12. The van der Waals surface area contributed by atoms with Crippen LogP contribution in [-0.2, 0) is 4.79 Å². The quantitative estimate of drug-likeness (QED) is 0.589. The van der Waals surface area contributed by atoms with E-state index in [9.17, 15) is 4.79 Å². The molecule has 0 bridgehead atoms. The summed E-state index contributed by atoms with van der Waals surface area (Å²) in [5, 5.41) is 0. The lowest BCUT2D eigenvalue weighted by Crippen LogP contribution is -2.08. The van der Waals surface area contributed by atoms with Crippen molar-refractivity contribution in [3.05, 3.63) is 35.9 Å². The zero-order chi connectivity index (χ0) is 15.7. The van der Waals surface area contributed by atoms with Crippen molar-refractivity contribution >= 4 is 12.4 Å². The Kier molecular flexibility index (Phi) is 7.21. The molecule has 1 aromatic carbocycles. The van der Waals surface area contributed by atoms with E-state index in [1.54, 1.807) is 7.11 Å². The van der Waals surface area contributed by atoms with Gasteiger partial charge in [0, 0.05) is 6.42 Å². The Hall–Kier alpha value is -1.57. The lowest BCUT2D eigenvalue weighted by molar-refractivity contribution is -0.108. The molecular formula is C19H28O2. The molecule has 0 aliphatic carbocycles. The van der Waals surface area contributed by atoms with Crippen molar-refractivity contribution < 1.29 is 9.53 Å². The summed E-state index contributed by atoms with van der Waals surface area (Å²) in [5.74, 6) is 1.39. The minimum absolute atomic E-state index is 0.181. The van der Waals surface area contributed by atoms with Crippen molar-refractivity contribution in [2.75, 3.05) is 7.11 Å². The first kappa shape index (κ1) is 17.5. The Bertz CT molecular complexity index is 443. The first-order valence-corrected chi connectivity index (χ1v) is 7.74. The molecule has 2 heteroatoms. The van der Waals surface area contributed by atoms with Gasteiger partial charge in [0.05, 0.1) is 7.11 Å². The van der Waals surface area contributed by atoms with Crippen LogP contribution >= 0.6 is 0 Å². The number of aldehydes is 1. The fraction of sp³-hybridized carbons (Fsp3) is 0.526. The maximum atomic E-state index is 10.5. The molecule has 1 aromatic rings. The van der Waals surface area contributed by atoms with E-state index in [1.165, 1.54) is 5.56 Å². The highest BCUT2D eigenvalue weighted by Crippen LogP contribution is 2.27. The molecule has 1 unspecified atom stereocenters. The van der Waals surface area contributed by atoms with Gasteiger partial charge in [-0.2, -0.15) is 0 Å². The van der Waals surface area contributed by atoms with Gasteiger partial charge in [0.25, 0.3) is 0 Å². The minimum atomic E-state index is 0.181. The summed E-state index contributed by atoms with van der Waals surface area (Å²) in [6.07, 6.45) is 9.59. The Morgan fingerprint density at radius 3 is 2.48 bits per heavy atom. The van der Waals surface area contributed by atoms with Crippen molar-refractivity contribution in [3.63, 3.8) is 0 Å². The predicted octanol–water partition coefficient (Wildman–Crippen LogP) is 5.13. The Morgan fingerprint density at radius 2 is 1.90 bits per heavy atom. The van der Waals surface area contributed by atoms with Crippen LogP contribution in [0.3, 0.4) is 0 Å². The van der Waals surface area contributed by atoms with Gasteiger partial charge in [-0.25, -0.2) is 0 Å². The lowest BCUT2D eigenvalue weighted by atomic mass is 9.85. The topological polar surface area (TPSA) is 26.3 Å². The molecule has 0 fully saturated rings. The summed E-state index contributed by atoms with van der Waals surface area (Å²) in [6, 6.07) is 8.09. The largest absolute Gasteiger partial charge is 0.497 e. The molecule has 0 amide bonds. The highest BCUT2D eigenvalue weighted by molar-refractivity contribution is 5.51. The number of carbonyl (C=O) groups is 1. The van der Waals surface area contributed by atoms with Gasteiger partial charge >= 0.3 is 0 Å². The normalized spacial score (nSPS) is 13.3. The van der Waals surface area contributed by atoms with E-state index in [4.69, 9.17) is 4.74 Å².